The predicted octanol–water partition coefficient (Wildman–Crippen LogP) is 2.26. The molecule has 1 aromatic carbocycles. The van der Waals surface area contributed by atoms with Crippen LogP contribution in [-0.4, -0.2) is 12.1 Å². The molecule has 2 atom stereocenters. The highest BCUT2D eigenvalue weighted by Gasteiger charge is 2.06. The molecule has 0 heterocycles. The first-order valence-electron chi connectivity index (χ1n) is 5.56. The maximum atomic E-state index is 8.81. The van der Waals surface area contributed by atoms with Crippen molar-refractivity contribution in [2.24, 2.45) is 5.73 Å². The van der Waals surface area contributed by atoms with Crippen LogP contribution >= 0.6 is 0 Å². The second-order valence-corrected chi connectivity index (χ2v) is 3.97. The summed E-state index contributed by atoms with van der Waals surface area (Å²) in [7, 11) is 0. The number of hydrogen-bond acceptors (Lipinski definition) is 3. The zero-order valence-electron chi connectivity index (χ0n) is 9.81. The van der Waals surface area contributed by atoms with Crippen LogP contribution in [0.5, 0.6) is 5.75 Å². The van der Waals surface area contributed by atoms with Crippen LogP contribution in [0.3, 0.4) is 0 Å². The molecule has 1 aromatic rings. The Hall–Kier alpha value is -1.53. The van der Waals surface area contributed by atoms with E-state index < -0.39 is 0 Å². The Kier molecular flexibility index (Phi) is 4.81. The Morgan fingerprint density at radius 3 is 2.81 bits per heavy atom. The highest BCUT2D eigenvalue weighted by atomic mass is 16.5. The van der Waals surface area contributed by atoms with E-state index in [1.54, 1.807) is 0 Å². The van der Waals surface area contributed by atoms with Gasteiger partial charge in [0.1, 0.15) is 11.8 Å². The molecule has 0 aliphatic heterocycles. The van der Waals surface area contributed by atoms with Crippen LogP contribution in [-0.2, 0) is 6.42 Å². The Morgan fingerprint density at radius 2 is 2.25 bits per heavy atom. The molecule has 1 rings (SSSR count). The first kappa shape index (κ1) is 12.5. The molecule has 0 aliphatic carbocycles. The molecule has 86 valence electrons. The lowest BCUT2D eigenvalue weighted by atomic mass is 10.1. The van der Waals surface area contributed by atoms with Gasteiger partial charge in [-0.25, -0.2) is 0 Å². The average Bonchev–Trinajstić information content (AvgIpc) is 2.25. The van der Waals surface area contributed by atoms with Gasteiger partial charge in [-0.15, -0.1) is 0 Å². The number of benzene rings is 1. The third-order valence-corrected chi connectivity index (χ3v) is 2.25. The molecule has 0 radical (unpaired) electrons. The van der Waals surface area contributed by atoms with E-state index in [0.717, 1.165) is 17.7 Å². The standard InChI is InChI=1S/C13H18N2O/c1-3-12(9-14)16-13-6-4-5-11(8-13)7-10(2)15/h4-6,8,10,12H,3,7,15H2,1-2H3. The second kappa shape index (κ2) is 6.14. The highest BCUT2D eigenvalue weighted by Crippen LogP contribution is 2.16. The van der Waals surface area contributed by atoms with E-state index in [9.17, 15) is 0 Å². The summed E-state index contributed by atoms with van der Waals surface area (Å²) in [6, 6.07) is 10.0. The van der Waals surface area contributed by atoms with Crippen LogP contribution in [0.4, 0.5) is 0 Å². The summed E-state index contributed by atoms with van der Waals surface area (Å²) >= 11 is 0. The fraction of sp³-hybridized carbons (Fsp3) is 0.462. The molecule has 16 heavy (non-hydrogen) atoms. The number of ether oxygens (including phenoxy) is 1. The van der Waals surface area contributed by atoms with Crippen molar-refractivity contribution in [3.05, 3.63) is 29.8 Å². The minimum absolute atomic E-state index is 0.133. The molecule has 0 bridgehead atoms. The normalized spacial score (nSPS) is 13.9. The molecular formula is C13H18N2O. The van der Waals surface area contributed by atoms with Crippen LogP contribution in [0.1, 0.15) is 25.8 Å². The van der Waals surface area contributed by atoms with Crippen molar-refractivity contribution in [2.75, 3.05) is 0 Å². The SMILES string of the molecule is CCC(C#N)Oc1cccc(CC(C)N)c1. The van der Waals surface area contributed by atoms with E-state index in [0.29, 0.717) is 6.42 Å². The van der Waals surface area contributed by atoms with Gasteiger partial charge in [-0.3, -0.25) is 0 Å². The smallest absolute Gasteiger partial charge is 0.184 e. The van der Waals surface area contributed by atoms with Gasteiger partial charge in [0, 0.05) is 6.04 Å². The number of hydrogen-bond donors (Lipinski definition) is 1. The largest absolute Gasteiger partial charge is 0.476 e. The van der Waals surface area contributed by atoms with Crippen LogP contribution in [0, 0.1) is 11.3 Å². The number of nitrogens with zero attached hydrogens (tertiary/aromatic N) is 1. The average molecular weight is 218 g/mol. The topological polar surface area (TPSA) is 59.0 Å². The van der Waals surface area contributed by atoms with Crippen molar-refractivity contribution in [1.82, 2.24) is 0 Å². The quantitative estimate of drug-likeness (QED) is 0.824. The minimum Gasteiger partial charge on any atom is -0.476 e. The molecule has 3 heteroatoms. The Labute approximate surface area is 96.8 Å². The Balaban J connectivity index is 2.71. The van der Waals surface area contributed by atoms with Gasteiger partial charge in [0.05, 0.1) is 0 Å². The fourth-order valence-corrected chi connectivity index (χ4v) is 1.48. The van der Waals surface area contributed by atoms with Crippen LogP contribution < -0.4 is 10.5 Å². The molecule has 2 N–H and O–H groups in total. The van der Waals surface area contributed by atoms with Gasteiger partial charge >= 0.3 is 0 Å². The lowest BCUT2D eigenvalue weighted by molar-refractivity contribution is 0.251. The number of nitriles is 1. The van der Waals surface area contributed by atoms with Crippen molar-refractivity contribution in [1.29, 1.82) is 5.26 Å². The molecule has 0 spiro atoms. The highest BCUT2D eigenvalue weighted by molar-refractivity contribution is 5.29. The summed E-state index contributed by atoms with van der Waals surface area (Å²) in [5, 5.41) is 8.81. The monoisotopic (exact) mass is 218 g/mol. The molecular weight excluding hydrogens is 200 g/mol. The first-order chi connectivity index (χ1) is 7.65. The first-order valence-corrected chi connectivity index (χ1v) is 5.56. The van der Waals surface area contributed by atoms with Crippen LogP contribution in [0.15, 0.2) is 24.3 Å². The number of nitrogens with two attached hydrogens (primary N) is 1. The van der Waals surface area contributed by atoms with E-state index in [4.69, 9.17) is 15.7 Å². The summed E-state index contributed by atoms with van der Waals surface area (Å²) < 4.78 is 5.53. The van der Waals surface area contributed by atoms with Crippen molar-refractivity contribution in [2.45, 2.75) is 38.8 Å². The summed E-state index contributed by atoms with van der Waals surface area (Å²) in [6.07, 6.45) is 1.14. The van der Waals surface area contributed by atoms with Gasteiger partial charge in [-0.05, 0) is 37.5 Å². The summed E-state index contributed by atoms with van der Waals surface area (Å²) in [5.41, 5.74) is 6.87. The maximum Gasteiger partial charge on any atom is 0.184 e. The lowest BCUT2D eigenvalue weighted by Crippen LogP contribution is -2.18. The molecule has 0 aliphatic rings. The van der Waals surface area contributed by atoms with Crippen molar-refractivity contribution >= 4 is 0 Å². The van der Waals surface area contributed by atoms with E-state index in [-0.39, 0.29) is 12.1 Å². The molecule has 0 amide bonds. The third-order valence-electron chi connectivity index (χ3n) is 2.25. The Bertz CT molecular complexity index is 368. The van der Waals surface area contributed by atoms with Crippen molar-refractivity contribution < 1.29 is 4.74 Å². The summed E-state index contributed by atoms with van der Waals surface area (Å²) in [5.74, 6) is 0.742. The molecule has 3 nitrogen and oxygen atoms in total. The number of rotatable bonds is 5. The van der Waals surface area contributed by atoms with Gasteiger partial charge < -0.3 is 10.5 Å². The zero-order valence-corrected chi connectivity index (χ0v) is 9.81. The Morgan fingerprint density at radius 1 is 1.50 bits per heavy atom. The molecule has 0 saturated heterocycles. The third kappa shape index (κ3) is 3.92. The zero-order chi connectivity index (χ0) is 12.0. The molecule has 2 unspecified atom stereocenters. The van der Waals surface area contributed by atoms with E-state index in [1.807, 2.05) is 38.1 Å². The molecule has 0 saturated carbocycles. The van der Waals surface area contributed by atoms with Gasteiger partial charge in [0.25, 0.3) is 0 Å². The second-order valence-electron chi connectivity index (χ2n) is 3.97. The summed E-state index contributed by atoms with van der Waals surface area (Å²) in [6.45, 7) is 3.90. The van der Waals surface area contributed by atoms with Gasteiger partial charge in [-0.1, -0.05) is 19.1 Å². The fourth-order valence-electron chi connectivity index (χ4n) is 1.48. The van der Waals surface area contributed by atoms with Crippen LogP contribution in [0.25, 0.3) is 0 Å². The summed E-state index contributed by atoms with van der Waals surface area (Å²) in [4.78, 5) is 0. The maximum absolute atomic E-state index is 8.81. The van der Waals surface area contributed by atoms with Gasteiger partial charge in [0.15, 0.2) is 6.10 Å². The van der Waals surface area contributed by atoms with Crippen molar-refractivity contribution in [3.8, 4) is 11.8 Å². The van der Waals surface area contributed by atoms with E-state index in [2.05, 4.69) is 6.07 Å². The van der Waals surface area contributed by atoms with E-state index >= 15 is 0 Å². The van der Waals surface area contributed by atoms with Crippen LogP contribution in [0.2, 0.25) is 0 Å². The lowest BCUT2D eigenvalue weighted by Gasteiger charge is -2.12. The predicted molar refractivity (Wildman–Crippen MR) is 64.1 cm³/mol. The molecule has 0 fully saturated rings. The van der Waals surface area contributed by atoms with Gasteiger partial charge in [0.2, 0.25) is 0 Å². The molecule has 0 aromatic heterocycles. The van der Waals surface area contributed by atoms with Gasteiger partial charge in [-0.2, -0.15) is 5.26 Å². The minimum atomic E-state index is -0.370. The van der Waals surface area contributed by atoms with Crippen molar-refractivity contribution in [3.63, 3.8) is 0 Å². The van der Waals surface area contributed by atoms with E-state index in [1.165, 1.54) is 0 Å².